The summed E-state index contributed by atoms with van der Waals surface area (Å²) in [6.45, 7) is 3.94. The Hall–Kier alpha value is -1.51. The molecule has 0 spiro atoms. The topological polar surface area (TPSA) is 89.8 Å². The molecule has 0 saturated carbocycles. The Bertz CT molecular complexity index is 635. The second-order valence-electron chi connectivity index (χ2n) is 4.73. The average Bonchev–Trinajstić information content (AvgIpc) is 2.42. The van der Waals surface area contributed by atoms with E-state index in [4.69, 9.17) is 4.84 Å². The molecule has 1 heterocycles. The molecule has 0 unspecified atom stereocenters. The highest BCUT2D eigenvalue weighted by Crippen LogP contribution is 2.30. The molecule has 0 atom stereocenters. The predicted octanol–water partition coefficient (Wildman–Crippen LogP) is 1.93. The number of hydroxylamine groups is 1. The van der Waals surface area contributed by atoms with Gasteiger partial charge >= 0.3 is 0 Å². The maximum Gasteiger partial charge on any atom is 0.289 e. The van der Waals surface area contributed by atoms with Gasteiger partial charge in [0.05, 0.1) is 11.5 Å². The summed E-state index contributed by atoms with van der Waals surface area (Å²) in [5.74, 6) is 0. The van der Waals surface area contributed by atoms with Gasteiger partial charge in [0.2, 0.25) is 0 Å². The molecule has 1 aliphatic heterocycles. The highest BCUT2D eigenvalue weighted by atomic mass is 32.2. The molecule has 1 aromatic rings. The van der Waals surface area contributed by atoms with E-state index in [0.29, 0.717) is 24.2 Å². The summed E-state index contributed by atoms with van der Waals surface area (Å²) in [7, 11) is -4.01. The van der Waals surface area contributed by atoms with Crippen LogP contribution in [0.3, 0.4) is 0 Å². The quantitative estimate of drug-likeness (QED) is 0.628. The largest absolute Gasteiger partial charge is 0.289 e. The van der Waals surface area contributed by atoms with E-state index in [1.54, 1.807) is 13.8 Å². The summed E-state index contributed by atoms with van der Waals surface area (Å²) < 4.78 is 25.8. The van der Waals surface area contributed by atoms with Crippen molar-refractivity contribution >= 4 is 15.7 Å². The van der Waals surface area contributed by atoms with Gasteiger partial charge in [-0.05, 0) is 43.9 Å². The van der Waals surface area contributed by atoms with Crippen LogP contribution in [0.4, 0.5) is 5.69 Å². The third-order valence-electron chi connectivity index (χ3n) is 3.29. The van der Waals surface area contributed by atoms with Gasteiger partial charge in [-0.2, -0.15) is 0 Å². The predicted molar refractivity (Wildman–Crippen MR) is 71.6 cm³/mol. The Morgan fingerprint density at radius 2 is 1.90 bits per heavy atom. The van der Waals surface area contributed by atoms with Gasteiger partial charge in [-0.3, -0.25) is 15.0 Å². The number of nitrogens with zero attached hydrogens (tertiary/aromatic N) is 2. The lowest BCUT2D eigenvalue weighted by Gasteiger charge is -2.25. The van der Waals surface area contributed by atoms with Gasteiger partial charge in [-0.15, -0.1) is 0 Å². The molecule has 0 radical (unpaired) electrons. The number of hydrogen-bond donors (Lipinski definition) is 0. The molecule has 0 aromatic heterocycles. The number of aryl methyl sites for hydroxylation is 2. The maximum atomic E-state index is 12.5. The maximum absolute atomic E-state index is 12.5. The van der Waals surface area contributed by atoms with Crippen molar-refractivity contribution in [3.05, 3.63) is 33.4 Å². The highest BCUT2D eigenvalue weighted by Gasteiger charge is 2.34. The van der Waals surface area contributed by atoms with E-state index in [2.05, 4.69) is 0 Å². The minimum atomic E-state index is -4.01. The zero-order chi connectivity index (χ0) is 14.9. The molecule has 8 heteroatoms. The van der Waals surface area contributed by atoms with E-state index in [0.717, 1.165) is 10.9 Å². The minimum Gasteiger partial charge on any atom is -0.284 e. The Morgan fingerprint density at radius 1 is 1.25 bits per heavy atom. The van der Waals surface area contributed by atoms with Crippen LogP contribution < -0.4 is 0 Å². The lowest BCUT2D eigenvalue weighted by atomic mass is 10.1. The van der Waals surface area contributed by atoms with Crippen molar-refractivity contribution in [1.82, 2.24) is 4.47 Å². The molecule has 0 amide bonds. The fraction of sp³-hybridized carbons (Fsp3) is 0.500. The molecule has 0 bridgehead atoms. The number of nitro groups is 1. The number of rotatable bonds is 3. The standard InChI is InChI=1S/C12H16N2O5S/c1-9-7-11(14(15)16)12(8-10(9)2)20(17,18)13-5-3-4-6-19-13/h7-8H,3-6H2,1-2H3. The van der Waals surface area contributed by atoms with E-state index in [-0.39, 0.29) is 11.4 Å². The van der Waals surface area contributed by atoms with Crippen molar-refractivity contribution in [1.29, 1.82) is 0 Å². The lowest BCUT2D eigenvalue weighted by molar-refractivity contribution is -0.388. The van der Waals surface area contributed by atoms with E-state index in [1.165, 1.54) is 12.1 Å². The Kier molecular flexibility index (Phi) is 4.07. The summed E-state index contributed by atoms with van der Waals surface area (Å²) in [4.78, 5) is 15.2. The lowest BCUT2D eigenvalue weighted by Crippen LogP contribution is -2.36. The van der Waals surface area contributed by atoms with E-state index < -0.39 is 20.6 Å². The molecule has 1 saturated heterocycles. The second-order valence-corrected chi connectivity index (χ2v) is 6.53. The van der Waals surface area contributed by atoms with Crippen LogP contribution >= 0.6 is 0 Å². The second kappa shape index (κ2) is 5.47. The molecule has 20 heavy (non-hydrogen) atoms. The summed E-state index contributed by atoms with van der Waals surface area (Å²) in [5.41, 5.74) is 0.948. The number of hydrogen-bond acceptors (Lipinski definition) is 5. The number of sulfonamides is 1. The molecular formula is C12H16N2O5S. The third kappa shape index (κ3) is 2.67. The highest BCUT2D eigenvalue weighted by molar-refractivity contribution is 7.89. The van der Waals surface area contributed by atoms with Crippen molar-refractivity contribution in [2.24, 2.45) is 0 Å². The Balaban J connectivity index is 2.55. The Morgan fingerprint density at radius 3 is 2.45 bits per heavy atom. The summed E-state index contributed by atoms with van der Waals surface area (Å²) in [6, 6.07) is 2.62. The summed E-state index contributed by atoms with van der Waals surface area (Å²) >= 11 is 0. The Labute approximate surface area is 117 Å². The fourth-order valence-corrected chi connectivity index (χ4v) is 3.52. The van der Waals surface area contributed by atoms with Gasteiger partial charge < -0.3 is 0 Å². The first-order valence-corrected chi connectivity index (χ1v) is 7.69. The van der Waals surface area contributed by atoms with Crippen LogP contribution in [0, 0.1) is 24.0 Å². The van der Waals surface area contributed by atoms with Crippen molar-refractivity contribution in [3.63, 3.8) is 0 Å². The fourth-order valence-electron chi connectivity index (χ4n) is 2.00. The first-order valence-electron chi connectivity index (χ1n) is 6.25. The summed E-state index contributed by atoms with van der Waals surface area (Å²) in [6.07, 6.45) is 1.46. The smallest absolute Gasteiger partial charge is 0.284 e. The molecular weight excluding hydrogens is 284 g/mol. The van der Waals surface area contributed by atoms with Crippen molar-refractivity contribution < 1.29 is 18.2 Å². The monoisotopic (exact) mass is 300 g/mol. The van der Waals surface area contributed by atoms with Gasteiger partial charge in [0, 0.05) is 12.6 Å². The van der Waals surface area contributed by atoms with Crippen LogP contribution in [0.2, 0.25) is 0 Å². The van der Waals surface area contributed by atoms with Crippen LogP contribution in [0.25, 0.3) is 0 Å². The zero-order valence-corrected chi connectivity index (χ0v) is 12.1. The molecule has 0 aliphatic carbocycles. The average molecular weight is 300 g/mol. The van der Waals surface area contributed by atoms with Crippen molar-refractivity contribution in [2.75, 3.05) is 13.2 Å². The van der Waals surface area contributed by atoms with Crippen LogP contribution in [-0.4, -0.2) is 31.0 Å². The molecule has 7 nitrogen and oxygen atoms in total. The normalized spacial score (nSPS) is 17.1. The van der Waals surface area contributed by atoms with Crippen LogP contribution in [0.15, 0.2) is 17.0 Å². The van der Waals surface area contributed by atoms with Gasteiger partial charge in [-0.1, -0.05) is 4.47 Å². The zero-order valence-electron chi connectivity index (χ0n) is 11.3. The molecule has 2 rings (SSSR count). The first kappa shape index (κ1) is 14.9. The molecule has 1 aliphatic rings. The number of nitro benzene ring substituents is 1. The van der Waals surface area contributed by atoms with E-state index in [1.807, 2.05) is 0 Å². The van der Waals surface area contributed by atoms with Gasteiger partial charge in [-0.25, -0.2) is 8.42 Å². The third-order valence-corrected chi connectivity index (χ3v) is 5.00. The molecule has 110 valence electrons. The van der Waals surface area contributed by atoms with E-state index >= 15 is 0 Å². The SMILES string of the molecule is Cc1cc([N+](=O)[O-])c(S(=O)(=O)N2CCCCO2)cc1C. The van der Waals surface area contributed by atoms with Gasteiger partial charge in [0.25, 0.3) is 15.7 Å². The van der Waals surface area contributed by atoms with Gasteiger partial charge in [0.1, 0.15) is 0 Å². The van der Waals surface area contributed by atoms with Crippen molar-refractivity contribution in [3.8, 4) is 0 Å². The van der Waals surface area contributed by atoms with Crippen LogP contribution in [0.1, 0.15) is 24.0 Å². The first-order chi connectivity index (χ1) is 9.34. The minimum absolute atomic E-state index is 0.215. The molecule has 1 aromatic carbocycles. The number of benzene rings is 1. The van der Waals surface area contributed by atoms with Gasteiger partial charge in [0.15, 0.2) is 4.90 Å². The molecule has 0 N–H and O–H groups in total. The van der Waals surface area contributed by atoms with Crippen LogP contribution in [0.5, 0.6) is 0 Å². The van der Waals surface area contributed by atoms with E-state index in [9.17, 15) is 18.5 Å². The summed E-state index contributed by atoms with van der Waals surface area (Å²) in [5, 5.41) is 11.1. The van der Waals surface area contributed by atoms with Crippen LogP contribution in [-0.2, 0) is 14.9 Å². The van der Waals surface area contributed by atoms with Crippen molar-refractivity contribution in [2.45, 2.75) is 31.6 Å². The molecule has 1 fully saturated rings.